The van der Waals surface area contributed by atoms with E-state index in [1.165, 1.54) is 10.9 Å². The quantitative estimate of drug-likeness (QED) is 0.655. The lowest BCUT2D eigenvalue weighted by Gasteiger charge is -2.04. The molecule has 0 spiro atoms. The monoisotopic (exact) mass is 198 g/mol. The van der Waals surface area contributed by atoms with Crippen molar-refractivity contribution in [3.63, 3.8) is 0 Å². The Labute approximate surface area is 81.9 Å². The minimum atomic E-state index is -0.159. The van der Waals surface area contributed by atoms with Crippen LogP contribution in [0.3, 0.4) is 0 Å². The molecule has 2 N–H and O–H groups in total. The summed E-state index contributed by atoms with van der Waals surface area (Å²) >= 11 is 0. The van der Waals surface area contributed by atoms with Crippen LogP contribution in [0.4, 0.5) is 0 Å². The van der Waals surface area contributed by atoms with Gasteiger partial charge in [-0.2, -0.15) is 0 Å². The van der Waals surface area contributed by atoms with Crippen molar-refractivity contribution in [1.29, 1.82) is 0 Å². The maximum Gasteiger partial charge on any atom is 0.241 e. The summed E-state index contributed by atoms with van der Waals surface area (Å²) < 4.78 is 1.38. The highest BCUT2D eigenvalue weighted by Crippen LogP contribution is 1.94. The van der Waals surface area contributed by atoms with Crippen LogP contribution in [0.1, 0.15) is 19.0 Å². The molecule has 0 aliphatic heterocycles. The van der Waals surface area contributed by atoms with Gasteiger partial charge in [0, 0.05) is 6.54 Å². The van der Waals surface area contributed by atoms with Crippen LogP contribution in [-0.4, -0.2) is 32.6 Å². The second-order valence-corrected chi connectivity index (χ2v) is 2.89. The highest BCUT2D eigenvalue weighted by atomic mass is 16.3. The van der Waals surface area contributed by atoms with Gasteiger partial charge in [0.2, 0.25) is 5.91 Å². The molecular formula is C8H14N4O2. The molecular weight excluding hydrogens is 184 g/mol. The number of carbonyl (C=O) groups excluding carboxylic acids is 1. The van der Waals surface area contributed by atoms with Gasteiger partial charge < -0.3 is 10.4 Å². The van der Waals surface area contributed by atoms with Crippen molar-refractivity contribution in [2.45, 2.75) is 26.5 Å². The predicted octanol–water partition coefficient (Wildman–Crippen LogP) is -0.703. The van der Waals surface area contributed by atoms with Crippen molar-refractivity contribution in [3.05, 3.63) is 11.9 Å². The molecule has 1 aromatic rings. The van der Waals surface area contributed by atoms with Gasteiger partial charge in [-0.15, -0.1) is 5.10 Å². The first-order valence-corrected chi connectivity index (χ1v) is 4.52. The Balaban J connectivity index is 2.47. The third-order valence-electron chi connectivity index (χ3n) is 1.73. The van der Waals surface area contributed by atoms with Crippen LogP contribution in [0.15, 0.2) is 6.20 Å². The van der Waals surface area contributed by atoms with Crippen LogP contribution in [0.25, 0.3) is 0 Å². The van der Waals surface area contributed by atoms with Crippen molar-refractivity contribution in [2.24, 2.45) is 0 Å². The number of nitrogens with one attached hydrogen (secondary N) is 1. The summed E-state index contributed by atoms with van der Waals surface area (Å²) in [7, 11) is 0. The van der Waals surface area contributed by atoms with E-state index in [1.807, 2.05) is 6.92 Å². The van der Waals surface area contributed by atoms with Crippen LogP contribution in [0.2, 0.25) is 0 Å². The first kappa shape index (κ1) is 10.6. The molecule has 0 saturated carbocycles. The summed E-state index contributed by atoms with van der Waals surface area (Å²) in [6.07, 6.45) is 2.34. The van der Waals surface area contributed by atoms with Crippen LogP contribution in [-0.2, 0) is 17.9 Å². The van der Waals surface area contributed by atoms with E-state index in [2.05, 4.69) is 15.6 Å². The first-order valence-electron chi connectivity index (χ1n) is 4.52. The SMILES string of the molecule is CCCNC(=O)Cn1nncc1CO. The number of amides is 1. The van der Waals surface area contributed by atoms with E-state index in [1.54, 1.807) is 0 Å². The first-order chi connectivity index (χ1) is 6.77. The minimum Gasteiger partial charge on any atom is -0.390 e. The number of aliphatic hydroxyl groups is 1. The molecule has 0 saturated heterocycles. The maximum absolute atomic E-state index is 11.3. The normalized spacial score (nSPS) is 10.1. The lowest BCUT2D eigenvalue weighted by atomic mass is 10.4. The lowest BCUT2D eigenvalue weighted by molar-refractivity contribution is -0.121. The molecule has 0 radical (unpaired) electrons. The van der Waals surface area contributed by atoms with Gasteiger partial charge in [0.25, 0.3) is 0 Å². The van der Waals surface area contributed by atoms with E-state index in [0.29, 0.717) is 12.2 Å². The maximum atomic E-state index is 11.3. The fourth-order valence-electron chi connectivity index (χ4n) is 0.991. The smallest absolute Gasteiger partial charge is 0.241 e. The molecule has 6 nitrogen and oxygen atoms in total. The molecule has 1 amide bonds. The molecule has 1 rings (SSSR count). The number of aliphatic hydroxyl groups excluding tert-OH is 1. The van der Waals surface area contributed by atoms with Gasteiger partial charge in [-0.3, -0.25) is 4.79 Å². The average Bonchev–Trinajstić information content (AvgIpc) is 2.62. The molecule has 78 valence electrons. The molecule has 0 aliphatic rings. The van der Waals surface area contributed by atoms with Gasteiger partial charge in [0.1, 0.15) is 6.54 Å². The molecule has 0 aliphatic carbocycles. The largest absolute Gasteiger partial charge is 0.390 e. The predicted molar refractivity (Wildman–Crippen MR) is 49.2 cm³/mol. The van der Waals surface area contributed by atoms with Crippen molar-refractivity contribution < 1.29 is 9.90 Å². The van der Waals surface area contributed by atoms with Gasteiger partial charge in [-0.1, -0.05) is 12.1 Å². The second kappa shape index (κ2) is 5.33. The Morgan fingerprint density at radius 1 is 1.71 bits per heavy atom. The molecule has 6 heteroatoms. The second-order valence-electron chi connectivity index (χ2n) is 2.89. The number of hydrogen-bond donors (Lipinski definition) is 2. The summed E-state index contributed by atoms with van der Waals surface area (Å²) in [5.41, 5.74) is 0.539. The zero-order valence-corrected chi connectivity index (χ0v) is 8.10. The highest BCUT2D eigenvalue weighted by Gasteiger charge is 2.06. The highest BCUT2D eigenvalue weighted by molar-refractivity contribution is 5.75. The fraction of sp³-hybridized carbons (Fsp3) is 0.625. The van der Waals surface area contributed by atoms with Gasteiger partial charge in [-0.05, 0) is 6.42 Å². The van der Waals surface area contributed by atoms with E-state index < -0.39 is 0 Å². The van der Waals surface area contributed by atoms with Gasteiger partial charge in [0.15, 0.2) is 0 Å². The van der Waals surface area contributed by atoms with E-state index in [-0.39, 0.29) is 19.1 Å². The Hall–Kier alpha value is -1.43. The Kier molecular flexibility index (Phi) is 4.06. The number of aromatic nitrogens is 3. The zero-order valence-electron chi connectivity index (χ0n) is 8.10. The average molecular weight is 198 g/mol. The number of carbonyl (C=O) groups is 1. The lowest BCUT2D eigenvalue weighted by Crippen LogP contribution is -2.29. The molecule has 1 aromatic heterocycles. The van der Waals surface area contributed by atoms with Crippen LogP contribution < -0.4 is 5.32 Å². The van der Waals surface area contributed by atoms with Crippen molar-refractivity contribution in [1.82, 2.24) is 20.3 Å². The summed E-state index contributed by atoms with van der Waals surface area (Å²) in [6, 6.07) is 0. The number of rotatable bonds is 5. The topological polar surface area (TPSA) is 80.0 Å². The molecule has 0 bridgehead atoms. The van der Waals surface area contributed by atoms with Crippen LogP contribution in [0.5, 0.6) is 0 Å². The standard InChI is InChI=1S/C8H14N4O2/c1-2-3-9-8(14)5-12-7(6-13)4-10-11-12/h4,13H,2-3,5-6H2,1H3,(H,9,14). The zero-order chi connectivity index (χ0) is 10.4. The third-order valence-corrected chi connectivity index (χ3v) is 1.73. The minimum absolute atomic E-state index is 0.107. The van der Waals surface area contributed by atoms with Crippen molar-refractivity contribution in [2.75, 3.05) is 6.54 Å². The Morgan fingerprint density at radius 2 is 2.50 bits per heavy atom. The summed E-state index contributed by atoms with van der Waals surface area (Å²) in [5.74, 6) is -0.118. The molecule has 0 aromatic carbocycles. The molecule has 1 heterocycles. The third kappa shape index (κ3) is 2.81. The van der Waals surface area contributed by atoms with Crippen LogP contribution in [0, 0.1) is 0 Å². The molecule has 0 unspecified atom stereocenters. The Morgan fingerprint density at radius 3 is 3.14 bits per heavy atom. The van der Waals surface area contributed by atoms with Crippen LogP contribution >= 0.6 is 0 Å². The number of nitrogens with zero attached hydrogens (tertiary/aromatic N) is 3. The van der Waals surface area contributed by atoms with E-state index in [9.17, 15) is 4.79 Å². The molecule has 0 atom stereocenters. The van der Waals surface area contributed by atoms with Gasteiger partial charge in [0.05, 0.1) is 18.5 Å². The van der Waals surface area contributed by atoms with Crippen molar-refractivity contribution in [3.8, 4) is 0 Å². The number of hydrogen-bond acceptors (Lipinski definition) is 4. The van der Waals surface area contributed by atoms with Gasteiger partial charge in [-0.25, -0.2) is 4.68 Å². The molecule has 0 fully saturated rings. The Bertz CT molecular complexity index is 297. The van der Waals surface area contributed by atoms with E-state index in [4.69, 9.17) is 5.11 Å². The summed E-state index contributed by atoms with van der Waals surface area (Å²) in [4.78, 5) is 11.3. The van der Waals surface area contributed by atoms with E-state index in [0.717, 1.165) is 6.42 Å². The van der Waals surface area contributed by atoms with Gasteiger partial charge >= 0.3 is 0 Å². The summed E-state index contributed by atoms with van der Waals surface area (Å²) in [5, 5.41) is 18.9. The molecule has 14 heavy (non-hydrogen) atoms. The fourth-order valence-corrected chi connectivity index (χ4v) is 0.991. The summed E-state index contributed by atoms with van der Waals surface area (Å²) in [6.45, 7) is 2.58. The van der Waals surface area contributed by atoms with Crippen molar-refractivity contribution >= 4 is 5.91 Å². The van der Waals surface area contributed by atoms with E-state index >= 15 is 0 Å².